The first-order chi connectivity index (χ1) is 14.2. The summed E-state index contributed by atoms with van der Waals surface area (Å²) in [7, 11) is 0. The van der Waals surface area contributed by atoms with Crippen molar-refractivity contribution in [2.45, 2.75) is 97.3 Å². The molecule has 0 spiro atoms. The van der Waals surface area contributed by atoms with Gasteiger partial charge in [0.2, 0.25) is 5.91 Å². The molecule has 0 aliphatic rings. The molecule has 0 aliphatic heterocycles. The lowest BCUT2D eigenvalue weighted by atomic mass is 9.89. The molecule has 1 aromatic rings. The number of hydrogen-bond acceptors (Lipinski definition) is 3. The number of halogens is 1. The zero-order chi connectivity index (χ0) is 22.4. The third kappa shape index (κ3) is 11.6. The van der Waals surface area contributed by atoms with E-state index in [1.807, 2.05) is 39.0 Å². The molecule has 0 fully saturated rings. The minimum atomic E-state index is -0.525. The van der Waals surface area contributed by atoms with Crippen molar-refractivity contribution in [3.05, 3.63) is 24.3 Å². The predicted molar refractivity (Wildman–Crippen MR) is 127 cm³/mol. The maximum absolute atomic E-state index is 12.2. The van der Waals surface area contributed by atoms with Gasteiger partial charge in [-0.3, -0.25) is 9.59 Å². The smallest absolute Gasteiger partial charge is 0.231 e. The number of para-hydroxylation sites is 2. The van der Waals surface area contributed by atoms with Crippen LogP contribution in [0.1, 0.15) is 91.9 Å². The number of ketones is 1. The van der Waals surface area contributed by atoms with Crippen molar-refractivity contribution in [3.63, 3.8) is 0 Å². The predicted octanol–water partition coefficient (Wildman–Crippen LogP) is 7.15. The number of Topliss-reactive ketones (excluding diaryl/α,β-unsaturated/α-hetero) is 1. The molecule has 0 saturated heterocycles. The van der Waals surface area contributed by atoms with Crippen molar-refractivity contribution in [2.24, 2.45) is 5.41 Å². The Bertz CT molecular complexity index is 640. The Labute approximate surface area is 188 Å². The van der Waals surface area contributed by atoms with Crippen LogP contribution in [0.5, 0.6) is 5.75 Å². The first-order valence-corrected chi connectivity index (χ1v) is 11.9. The second kappa shape index (κ2) is 14.5. The molecule has 0 saturated carbocycles. The van der Waals surface area contributed by atoms with E-state index in [4.69, 9.17) is 16.3 Å². The highest BCUT2D eigenvalue weighted by Gasteiger charge is 2.24. The minimum Gasteiger partial charge on any atom is -0.491 e. The van der Waals surface area contributed by atoms with Gasteiger partial charge in [0, 0.05) is 10.8 Å². The summed E-state index contributed by atoms with van der Waals surface area (Å²) in [6, 6.07) is 7.34. The van der Waals surface area contributed by atoms with Crippen LogP contribution in [0, 0.1) is 5.41 Å². The molecule has 4 nitrogen and oxygen atoms in total. The second-order valence-corrected chi connectivity index (χ2v) is 9.66. The van der Waals surface area contributed by atoms with Crippen LogP contribution in [0.3, 0.4) is 0 Å². The third-order valence-electron chi connectivity index (χ3n) is 5.11. The molecule has 1 N–H and O–H groups in total. The average molecular weight is 438 g/mol. The fourth-order valence-corrected chi connectivity index (χ4v) is 3.37. The summed E-state index contributed by atoms with van der Waals surface area (Å²) < 4.78 is 5.87. The van der Waals surface area contributed by atoms with Crippen molar-refractivity contribution >= 4 is 29.0 Å². The maximum Gasteiger partial charge on any atom is 0.231 e. The van der Waals surface area contributed by atoms with Gasteiger partial charge in [-0.1, -0.05) is 71.9 Å². The molecule has 1 rings (SSSR count). The number of amides is 1. The highest BCUT2D eigenvalue weighted by molar-refractivity contribution is 6.20. The monoisotopic (exact) mass is 437 g/mol. The van der Waals surface area contributed by atoms with Crippen molar-refractivity contribution in [2.75, 3.05) is 11.9 Å². The fraction of sp³-hybridized carbons (Fsp3) is 0.680. The van der Waals surface area contributed by atoms with E-state index >= 15 is 0 Å². The molecule has 0 radical (unpaired) electrons. The summed E-state index contributed by atoms with van der Waals surface area (Å²) in [5, 5.41) is 3.05. The van der Waals surface area contributed by atoms with Crippen LogP contribution in [-0.4, -0.2) is 23.7 Å². The van der Waals surface area contributed by atoms with Gasteiger partial charge in [0.15, 0.2) is 0 Å². The van der Waals surface area contributed by atoms with Crippen molar-refractivity contribution < 1.29 is 14.3 Å². The molecule has 0 aliphatic carbocycles. The number of benzene rings is 1. The van der Waals surface area contributed by atoms with Crippen LogP contribution >= 0.6 is 11.6 Å². The Morgan fingerprint density at radius 3 is 2.30 bits per heavy atom. The van der Waals surface area contributed by atoms with Crippen LogP contribution in [0.2, 0.25) is 0 Å². The molecular formula is C25H40ClNO3. The molecule has 30 heavy (non-hydrogen) atoms. The van der Waals surface area contributed by atoms with Crippen LogP contribution < -0.4 is 10.1 Å². The van der Waals surface area contributed by atoms with Crippen molar-refractivity contribution in [1.29, 1.82) is 0 Å². The molecule has 1 amide bonds. The van der Waals surface area contributed by atoms with E-state index in [9.17, 15) is 9.59 Å². The number of carbonyl (C=O) groups excluding carboxylic acids is 2. The highest BCUT2D eigenvalue weighted by atomic mass is 35.5. The molecule has 0 heterocycles. The number of nitrogens with one attached hydrogen (secondary N) is 1. The number of anilines is 1. The van der Waals surface area contributed by atoms with Gasteiger partial charge in [-0.2, -0.15) is 0 Å². The molecule has 5 heteroatoms. The Morgan fingerprint density at radius 2 is 1.63 bits per heavy atom. The minimum absolute atomic E-state index is 0.0839. The van der Waals surface area contributed by atoms with Crippen molar-refractivity contribution in [3.8, 4) is 5.75 Å². The Morgan fingerprint density at radius 1 is 1.00 bits per heavy atom. The summed E-state index contributed by atoms with van der Waals surface area (Å²) >= 11 is 6.43. The van der Waals surface area contributed by atoms with Crippen LogP contribution in [0.25, 0.3) is 0 Å². The topological polar surface area (TPSA) is 55.4 Å². The summed E-state index contributed by atoms with van der Waals surface area (Å²) in [6.45, 7) is 8.26. The standard InChI is InChI=1S/C25H40ClNO3/c1-5-6-7-8-9-14-20(26)15-12-13-18-30-22-17-11-10-16-21(22)27-24(29)19-23(28)25(2,3)4/h10-11,16-17,20H,5-9,12-15,18-19H2,1-4H3,(H,27,29). The largest absolute Gasteiger partial charge is 0.491 e. The van der Waals surface area contributed by atoms with Gasteiger partial charge in [0.25, 0.3) is 0 Å². The quantitative estimate of drug-likeness (QED) is 0.180. The highest BCUT2D eigenvalue weighted by Crippen LogP contribution is 2.25. The van der Waals surface area contributed by atoms with Gasteiger partial charge in [0.05, 0.1) is 18.7 Å². The number of alkyl halides is 1. The van der Waals surface area contributed by atoms with E-state index in [1.54, 1.807) is 6.07 Å². The summed E-state index contributed by atoms with van der Waals surface area (Å²) in [4.78, 5) is 24.3. The van der Waals surface area contributed by atoms with Crippen LogP contribution in [0.4, 0.5) is 5.69 Å². The number of carbonyl (C=O) groups is 2. The summed E-state index contributed by atoms with van der Waals surface area (Å²) in [5.74, 6) is 0.238. The lowest BCUT2D eigenvalue weighted by Gasteiger charge is -2.17. The van der Waals surface area contributed by atoms with Gasteiger partial charge in [-0.25, -0.2) is 0 Å². The first-order valence-electron chi connectivity index (χ1n) is 11.4. The fourth-order valence-electron chi connectivity index (χ4n) is 3.06. The molecule has 0 aromatic heterocycles. The van der Waals surface area contributed by atoms with E-state index in [0.29, 0.717) is 18.0 Å². The Balaban J connectivity index is 2.31. The first kappa shape index (κ1) is 26.5. The zero-order valence-corrected chi connectivity index (χ0v) is 20.0. The van der Waals surface area contributed by atoms with Gasteiger partial charge >= 0.3 is 0 Å². The number of ether oxygens (including phenoxy) is 1. The lowest BCUT2D eigenvalue weighted by Crippen LogP contribution is -2.26. The number of rotatable bonds is 15. The van der Waals surface area contributed by atoms with E-state index in [1.165, 1.54) is 32.1 Å². The lowest BCUT2D eigenvalue weighted by molar-refractivity contribution is -0.130. The molecule has 170 valence electrons. The van der Waals surface area contributed by atoms with E-state index in [-0.39, 0.29) is 23.5 Å². The summed E-state index contributed by atoms with van der Waals surface area (Å²) in [5.41, 5.74) is 0.0786. The van der Waals surface area contributed by atoms with E-state index in [0.717, 1.165) is 25.7 Å². The zero-order valence-electron chi connectivity index (χ0n) is 19.3. The van der Waals surface area contributed by atoms with Crippen LogP contribution in [0.15, 0.2) is 24.3 Å². The molecule has 1 unspecified atom stereocenters. The van der Waals surface area contributed by atoms with Gasteiger partial charge < -0.3 is 10.1 Å². The molecule has 1 atom stereocenters. The number of unbranched alkanes of at least 4 members (excludes halogenated alkanes) is 5. The van der Waals surface area contributed by atoms with Gasteiger partial charge in [0.1, 0.15) is 11.5 Å². The van der Waals surface area contributed by atoms with E-state index in [2.05, 4.69) is 12.2 Å². The van der Waals surface area contributed by atoms with Gasteiger partial charge in [-0.05, 0) is 37.8 Å². The molecular weight excluding hydrogens is 398 g/mol. The summed E-state index contributed by atoms with van der Waals surface area (Å²) in [6.07, 6.45) is 10.3. The van der Waals surface area contributed by atoms with E-state index < -0.39 is 5.41 Å². The maximum atomic E-state index is 12.2. The second-order valence-electron chi connectivity index (χ2n) is 9.04. The SMILES string of the molecule is CCCCCCCC(Cl)CCCCOc1ccccc1NC(=O)CC(=O)C(C)(C)C. The van der Waals surface area contributed by atoms with Gasteiger partial charge in [-0.15, -0.1) is 11.6 Å². The third-order valence-corrected chi connectivity index (χ3v) is 5.55. The van der Waals surface area contributed by atoms with Crippen molar-refractivity contribution in [1.82, 2.24) is 0 Å². The van der Waals surface area contributed by atoms with Crippen LogP contribution in [-0.2, 0) is 9.59 Å². The Hall–Kier alpha value is -1.55. The molecule has 0 bridgehead atoms. The molecule has 1 aromatic carbocycles. The number of hydrogen-bond donors (Lipinski definition) is 1. The average Bonchev–Trinajstić information content (AvgIpc) is 2.68. The normalized spacial score (nSPS) is 12.4. The Kier molecular flexibility index (Phi) is 12.8.